The van der Waals surface area contributed by atoms with E-state index in [1.54, 1.807) is 12.1 Å². The number of epoxide rings is 1. The molecule has 1 aliphatic rings. The van der Waals surface area contributed by atoms with E-state index in [2.05, 4.69) is 0 Å². The van der Waals surface area contributed by atoms with Gasteiger partial charge in [0.15, 0.2) is 5.78 Å². The van der Waals surface area contributed by atoms with Crippen LogP contribution in [0.15, 0.2) is 30.3 Å². The molecule has 1 saturated heterocycles. The van der Waals surface area contributed by atoms with Gasteiger partial charge in [-0.3, -0.25) is 4.79 Å². The number of ketones is 1. The number of halogens is 1. The summed E-state index contributed by atoms with van der Waals surface area (Å²) in [7, 11) is 0. The molecule has 2 atom stereocenters. The van der Waals surface area contributed by atoms with Crippen LogP contribution in [-0.2, 0) is 4.74 Å². The van der Waals surface area contributed by atoms with Gasteiger partial charge in [-0.25, -0.2) is 0 Å². The fourth-order valence-corrected chi connectivity index (χ4v) is 2.34. The Morgan fingerprint density at radius 2 is 2.00 bits per heavy atom. The van der Waals surface area contributed by atoms with E-state index >= 15 is 0 Å². The Hall–Kier alpha value is -1.78. The Morgan fingerprint density at radius 1 is 1.32 bits per heavy atom. The molecule has 4 nitrogen and oxygen atoms in total. The quantitative estimate of drug-likeness (QED) is 0.514. The second-order valence-electron chi connectivity index (χ2n) is 4.50. The van der Waals surface area contributed by atoms with Crippen LogP contribution < -0.4 is 0 Å². The summed E-state index contributed by atoms with van der Waals surface area (Å²) < 4.78 is 5.00. The molecule has 0 saturated carbocycles. The number of aromatic hydroxyl groups is 2. The monoisotopic (exact) mass is 278 g/mol. The van der Waals surface area contributed by atoms with Crippen molar-refractivity contribution in [3.63, 3.8) is 0 Å². The molecule has 98 valence electrons. The Kier molecular flexibility index (Phi) is 2.84. The Bertz CT molecular complexity index is 659. The molecule has 0 aromatic heterocycles. The van der Waals surface area contributed by atoms with Crippen molar-refractivity contribution in [2.45, 2.75) is 11.5 Å². The summed E-state index contributed by atoms with van der Waals surface area (Å²) in [6, 6.07) is 7.77. The Balaban J connectivity index is 2.17. The maximum Gasteiger partial charge on any atom is 0.187 e. The molecule has 0 bridgehead atoms. The standard InChI is InChI=1S/C14H11ClO4/c15-13(11-6-19-11)14(18)12-9-5-8(16)3-1-7(9)2-4-10(12)17/h1-5,11,13,16-17H,6H2. The van der Waals surface area contributed by atoms with E-state index in [0.29, 0.717) is 12.0 Å². The third kappa shape index (κ3) is 2.13. The number of phenols is 2. The van der Waals surface area contributed by atoms with E-state index in [1.807, 2.05) is 0 Å². The molecule has 1 aliphatic heterocycles. The van der Waals surface area contributed by atoms with Crippen molar-refractivity contribution in [1.82, 2.24) is 0 Å². The summed E-state index contributed by atoms with van der Waals surface area (Å²) >= 11 is 6.03. The second kappa shape index (κ2) is 4.40. The first-order valence-electron chi connectivity index (χ1n) is 5.82. The molecule has 2 unspecified atom stereocenters. The van der Waals surface area contributed by atoms with Crippen LogP contribution in [0.5, 0.6) is 11.5 Å². The van der Waals surface area contributed by atoms with Crippen LogP contribution in [0.3, 0.4) is 0 Å². The molecule has 3 rings (SSSR count). The number of Topliss-reactive ketones (excluding diaryl/α,β-unsaturated/α-hetero) is 1. The number of carbonyl (C=O) groups is 1. The highest BCUT2D eigenvalue weighted by Gasteiger charge is 2.38. The van der Waals surface area contributed by atoms with Gasteiger partial charge < -0.3 is 14.9 Å². The molecule has 0 amide bonds. The fourth-order valence-electron chi connectivity index (χ4n) is 2.09. The summed E-state index contributed by atoms with van der Waals surface area (Å²) in [6.07, 6.45) is -0.291. The lowest BCUT2D eigenvalue weighted by molar-refractivity contribution is 0.0976. The lowest BCUT2D eigenvalue weighted by Crippen LogP contribution is -2.21. The van der Waals surface area contributed by atoms with Crippen LogP contribution >= 0.6 is 11.6 Å². The zero-order valence-electron chi connectivity index (χ0n) is 9.84. The first-order valence-corrected chi connectivity index (χ1v) is 6.26. The lowest BCUT2D eigenvalue weighted by Gasteiger charge is -2.11. The van der Waals surface area contributed by atoms with Crippen LogP contribution in [0.1, 0.15) is 10.4 Å². The summed E-state index contributed by atoms with van der Waals surface area (Å²) in [5.41, 5.74) is 0.129. The highest BCUT2D eigenvalue weighted by molar-refractivity contribution is 6.36. The average Bonchev–Trinajstić information content (AvgIpc) is 3.21. The van der Waals surface area contributed by atoms with Gasteiger partial charge >= 0.3 is 0 Å². The molecule has 2 N–H and O–H groups in total. The van der Waals surface area contributed by atoms with Gasteiger partial charge in [-0.15, -0.1) is 11.6 Å². The highest BCUT2D eigenvalue weighted by Crippen LogP contribution is 2.33. The highest BCUT2D eigenvalue weighted by atomic mass is 35.5. The van der Waals surface area contributed by atoms with Gasteiger partial charge in [0, 0.05) is 0 Å². The van der Waals surface area contributed by atoms with Gasteiger partial charge in [-0.1, -0.05) is 12.1 Å². The normalized spacial score (nSPS) is 19.3. The molecule has 19 heavy (non-hydrogen) atoms. The Labute approximate surface area is 114 Å². The van der Waals surface area contributed by atoms with E-state index in [-0.39, 0.29) is 23.2 Å². The van der Waals surface area contributed by atoms with Crippen LogP contribution in [0.2, 0.25) is 0 Å². The molecule has 1 fully saturated rings. The molecule has 2 aromatic rings. The van der Waals surface area contributed by atoms with Crippen molar-refractivity contribution in [2.75, 3.05) is 6.61 Å². The van der Waals surface area contributed by atoms with E-state index < -0.39 is 11.2 Å². The zero-order valence-corrected chi connectivity index (χ0v) is 10.6. The smallest absolute Gasteiger partial charge is 0.187 e. The number of hydrogen-bond donors (Lipinski definition) is 2. The van der Waals surface area contributed by atoms with Crippen molar-refractivity contribution < 1.29 is 19.7 Å². The molecule has 0 radical (unpaired) electrons. The number of hydrogen-bond acceptors (Lipinski definition) is 4. The van der Waals surface area contributed by atoms with Crippen molar-refractivity contribution in [3.05, 3.63) is 35.9 Å². The number of alkyl halides is 1. The largest absolute Gasteiger partial charge is 0.508 e. The fraction of sp³-hybridized carbons (Fsp3) is 0.214. The minimum atomic E-state index is -0.821. The molecule has 2 aromatic carbocycles. The van der Waals surface area contributed by atoms with Gasteiger partial charge in [0.2, 0.25) is 0 Å². The summed E-state index contributed by atoms with van der Waals surface area (Å²) in [6.45, 7) is 0.455. The maximum absolute atomic E-state index is 12.3. The van der Waals surface area contributed by atoms with Gasteiger partial charge in [-0.05, 0) is 29.0 Å². The number of carbonyl (C=O) groups excluding carboxylic acids is 1. The average molecular weight is 279 g/mol. The number of ether oxygens (including phenoxy) is 1. The summed E-state index contributed by atoms with van der Waals surface area (Å²) in [5.74, 6) is -0.506. The lowest BCUT2D eigenvalue weighted by atomic mass is 9.97. The van der Waals surface area contributed by atoms with Gasteiger partial charge in [0.05, 0.1) is 12.2 Å². The third-order valence-corrected chi connectivity index (χ3v) is 3.64. The maximum atomic E-state index is 12.3. The van der Waals surface area contributed by atoms with Crippen LogP contribution in [0, 0.1) is 0 Å². The number of rotatable bonds is 3. The molecule has 5 heteroatoms. The van der Waals surface area contributed by atoms with Crippen LogP contribution in [0.4, 0.5) is 0 Å². The van der Waals surface area contributed by atoms with Crippen LogP contribution in [0.25, 0.3) is 10.8 Å². The minimum Gasteiger partial charge on any atom is -0.508 e. The van der Waals surface area contributed by atoms with E-state index in [4.69, 9.17) is 16.3 Å². The number of phenolic OH excluding ortho intramolecular Hbond substituents is 2. The predicted octanol–water partition coefficient (Wildman–Crippen LogP) is 2.44. The molecular weight excluding hydrogens is 268 g/mol. The molecule has 0 spiro atoms. The zero-order chi connectivity index (χ0) is 13.6. The topological polar surface area (TPSA) is 70.1 Å². The molecule has 0 aliphatic carbocycles. The molecule has 1 heterocycles. The van der Waals surface area contributed by atoms with Gasteiger partial charge in [0.25, 0.3) is 0 Å². The second-order valence-corrected chi connectivity index (χ2v) is 4.97. The number of fused-ring (bicyclic) bond motifs is 1. The first kappa shape index (κ1) is 12.3. The van der Waals surface area contributed by atoms with Crippen molar-refractivity contribution in [2.24, 2.45) is 0 Å². The summed E-state index contributed by atoms with van der Waals surface area (Å²) in [5, 5.41) is 19.9. The first-order chi connectivity index (χ1) is 9.08. The summed E-state index contributed by atoms with van der Waals surface area (Å²) in [4.78, 5) is 12.3. The Morgan fingerprint density at radius 3 is 2.68 bits per heavy atom. The van der Waals surface area contributed by atoms with Gasteiger partial charge in [-0.2, -0.15) is 0 Å². The van der Waals surface area contributed by atoms with Crippen molar-refractivity contribution in [3.8, 4) is 11.5 Å². The molecular formula is C14H11ClO4. The van der Waals surface area contributed by atoms with E-state index in [0.717, 1.165) is 5.39 Å². The third-order valence-electron chi connectivity index (χ3n) is 3.17. The van der Waals surface area contributed by atoms with Crippen molar-refractivity contribution >= 4 is 28.2 Å². The van der Waals surface area contributed by atoms with E-state index in [1.165, 1.54) is 18.2 Å². The van der Waals surface area contributed by atoms with Crippen molar-refractivity contribution in [1.29, 1.82) is 0 Å². The SMILES string of the molecule is O=C(c1c(O)ccc2ccc(O)cc12)C(Cl)C1CO1. The van der Waals surface area contributed by atoms with Crippen LogP contribution in [-0.4, -0.2) is 34.1 Å². The number of benzene rings is 2. The predicted molar refractivity (Wildman–Crippen MR) is 71.0 cm³/mol. The van der Waals surface area contributed by atoms with Gasteiger partial charge in [0.1, 0.15) is 23.0 Å². The van der Waals surface area contributed by atoms with E-state index in [9.17, 15) is 15.0 Å². The minimum absolute atomic E-state index is 0.0287.